The maximum absolute atomic E-state index is 5.71. The van der Waals surface area contributed by atoms with Crippen molar-refractivity contribution in [2.75, 3.05) is 13.2 Å². The van der Waals surface area contributed by atoms with E-state index in [4.69, 9.17) is 4.74 Å². The Labute approximate surface area is 125 Å². The first-order chi connectivity index (χ1) is 9.24. The number of hydrogen-bond acceptors (Lipinski definition) is 2. The zero-order chi connectivity index (χ0) is 13.5. The van der Waals surface area contributed by atoms with Gasteiger partial charge in [0.1, 0.15) is 0 Å². The van der Waals surface area contributed by atoms with Gasteiger partial charge in [-0.05, 0) is 36.5 Å². The topological polar surface area (TPSA) is 21.3 Å². The van der Waals surface area contributed by atoms with E-state index in [1.807, 2.05) is 12.1 Å². The molecule has 1 aromatic rings. The Bertz CT molecular complexity index is 383. The molecule has 0 radical (unpaired) electrons. The molecule has 1 fully saturated rings. The van der Waals surface area contributed by atoms with E-state index in [1.165, 1.54) is 31.2 Å². The molecule has 2 atom stereocenters. The SMILES string of the molecule is CC1CCCC(NCCOCc2cccc(Br)c2)C1. The minimum absolute atomic E-state index is 0.697. The Balaban J connectivity index is 1.57. The Morgan fingerprint density at radius 3 is 3.05 bits per heavy atom. The lowest BCUT2D eigenvalue weighted by atomic mass is 9.87. The molecule has 0 bridgehead atoms. The molecule has 0 saturated heterocycles. The van der Waals surface area contributed by atoms with E-state index in [9.17, 15) is 0 Å². The number of hydrogen-bond donors (Lipinski definition) is 1. The molecule has 1 N–H and O–H groups in total. The van der Waals surface area contributed by atoms with Crippen LogP contribution in [0.5, 0.6) is 0 Å². The Hall–Kier alpha value is -0.380. The summed E-state index contributed by atoms with van der Waals surface area (Å²) in [6, 6.07) is 9.00. The van der Waals surface area contributed by atoms with Crippen LogP contribution in [0.4, 0.5) is 0 Å². The van der Waals surface area contributed by atoms with Gasteiger partial charge in [-0.15, -0.1) is 0 Å². The highest BCUT2D eigenvalue weighted by Gasteiger charge is 2.17. The first-order valence-electron chi connectivity index (χ1n) is 7.29. The molecule has 0 aromatic heterocycles. The summed E-state index contributed by atoms with van der Waals surface area (Å²) < 4.78 is 6.82. The second-order valence-corrected chi connectivity index (χ2v) is 6.52. The van der Waals surface area contributed by atoms with E-state index in [1.54, 1.807) is 0 Å². The maximum atomic E-state index is 5.71. The summed E-state index contributed by atoms with van der Waals surface area (Å²) >= 11 is 3.47. The summed E-state index contributed by atoms with van der Waals surface area (Å²) in [5.41, 5.74) is 1.22. The summed E-state index contributed by atoms with van der Waals surface area (Å²) in [5.74, 6) is 0.883. The lowest BCUT2D eigenvalue weighted by Gasteiger charge is -2.27. The van der Waals surface area contributed by atoms with E-state index in [2.05, 4.69) is 40.3 Å². The molecule has 19 heavy (non-hydrogen) atoms. The number of ether oxygens (including phenoxy) is 1. The quantitative estimate of drug-likeness (QED) is 0.794. The van der Waals surface area contributed by atoms with Crippen molar-refractivity contribution >= 4 is 15.9 Å². The lowest BCUT2D eigenvalue weighted by Crippen LogP contribution is -2.35. The number of rotatable bonds is 6. The smallest absolute Gasteiger partial charge is 0.0717 e. The summed E-state index contributed by atoms with van der Waals surface area (Å²) in [7, 11) is 0. The fourth-order valence-electron chi connectivity index (χ4n) is 2.77. The zero-order valence-electron chi connectivity index (χ0n) is 11.7. The van der Waals surface area contributed by atoms with Crippen LogP contribution in [0.1, 0.15) is 38.2 Å². The van der Waals surface area contributed by atoms with Gasteiger partial charge in [-0.3, -0.25) is 0 Å². The predicted octanol–water partition coefficient (Wildman–Crippen LogP) is 4.13. The van der Waals surface area contributed by atoms with E-state index < -0.39 is 0 Å². The van der Waals surface area contributed by atoms with Gasteiger partial charge in [-0.2, -0.15) is 0 Å². The van der Waals surface area contributed by atoms with Crippen LogP contribution in [0.25, 0.3) is 0 Å². The monoisotopic (exact) mass is 325 g/mol. The standard InChI is InChI=1S/C16H24BrNO/c1-13-4-2-7-16(10-13)18-8-9-19-12-14-5-3-6-15(17)11-14/h3,5-6,11,13,16,18H,2,4,7-10,12H2,1H3. The minimum atomic E-state index is 0.697. The molecule has 1 aromatic carbocycles. The van der Waals surface area contributed by atoms with Gasteiger partial charge in [0.05, 0.1) is 13.2 Å². The fraction of sp³-hybridized carbons (Fsp3) is 0.625. The van der Waals surface area contributed by atoms with Gasteiger partial charge in [0.15, 0.2) is 0 Å². The third kappa shape index (κ3) is 5.64. The van der Waals surface area contributed by atoms with Crippen molar-refractivity contribution in [3.8, 4) is 0 Å². The fourth-order valence-corrected chi connectivity index (χ4v) is 3.22. The first kappa shape index (κ1) is 15.0. The van der Waals surface area contributed by atoms with Gasteiger partial charge >= 0.3 is 0 Å². The molecular weight excluding hydrogens is 302 g/mol. The molecule has 0 amide bonds. The van der Waals surface area contributed by atoms with Crippen molar-refractivity contribution in [3.63, 3.8) is 0 Å². The number of halogens is 1. The van der Waals surface area contributed by atoms with Crippen molar-refractivity contribution in [1.82, 2.24) is 5.32 Å². The number of benzene rings is 1. The third-order valence-corrected chi connectivity index (χ3v) is 4.27. The van der Waals surface area contributed by atoms with Crippen LogP contribution in [0.3, 0.4) is 0 Å². The van der Waals surface area contributed by atoms with E-state index in [0.29, 0.717) is 12.6 Å². The minimum Gasteiger partial charge on any atom is -0.375 e. The Kier molecular flexibility index (Phi) is 6.35. The summed E-state index contributed by atoms with van der Waals surface area (Å²) in [6.45, 7) is 4.81. The molecule has 2 rings (SSSR count). The van der Waals surface area contributed by atoms with E-state index >= 15 is 0 Å². The summed E-state index contributed by atoms with van der Waals surface area (Å²) in [4.78, 5) is 0. The zero-order valence-corrected chi connectivity index (χ0v) is 13.3. The van der Waals surface area contributed by atoms with Crippen LogP contribution in [0.2, 0.25) is 0 Å². The van der Waals surface area contributed by atoms with E-state index in [0.717, 1.165) is 23.5 Å². The predicted molar refractivity (Wildman–Crippen MR) is 83.2 cm³/mol. The molecule has 1 aliphatic rings. The summed E-state index contributed by atoms with van der Waals surface area (Å²) in [5, 5.41) is 3.62. The van der Waals surface area contributed by atoms with Crippen LogP contribution in [0, 0.1) is 5.92 Å². The van der Waals surface area contributed by atoms with Crippen molar-refractivity contribution in [2.24, 2.45) is 5.92 Å². The molecule has 2 unspecified atom stereocenters. The molecule has 1 aliphatic carbocycles. The molecule has 106 valence electrons. The second kappa shape index (κ2) is 8.03. The van der Waals surface area contributed by atoms with Gasteiger partial charge in [-0.25, -0.2) is 0 Å². The highest BCUT2D eigenvalue weighted by molar-refractivity contribution is 9.10. The van der Waals surface area contributed by atoms with Crippen molar-refractivity contribution in [1.29, 1.82) is 0 Å². The summed E-state index contributed by atoms with van der Waals surface area (Å²) in [6.07, 6.45) is 5.43. The lowest BCUT2D eigenvalue weighted by molar-refractivity contribution is 0.118. The molecule has 0 aliphatic heterocycles. The maximum Gasteiger partial charge on any atom is 0.0717 e. The molecule has 0 spiro atoms. The molecule has 2 nitrogen and oxygen atoms in total. The van der Waals surface area contributed by atoms with E-state index in [-0.39, 0.29) is 0 Å². The average Bonchev–Trinajstić information content (AvgIpc) is 2.38. The normalized spacial score (nSPS) is 23.5. The van der Waals surface area contributed by atoms with Crippen LogP contribution >= 0.6 is 15.9 Å². The Morgan fingerprint density at radius 1 is 1.37 bits per heavy atom. The van der Waals surface area contributed by atoms with Crippen LogP contribution < -0.4 is 5.32 Å². The van der Waals surface area contributed by atoms with Gasteiger partial charge in [0, 0.05) is 17.1 Å². The highest BCUT2D eigenvalue weighted by atomic mass is 79.9. The average molecular weight is 326 g/mol. The number of nitrogens with one attached hydrogen (secondary N) is 1. The molecule has 0 heterocycles. The molecular formula is C16H24BrNO. The van der Waals surface area contributed by atoms with Crippen molar-refractivity contribution < 1.29 is 4.74 Å². The van der Waals surface area contributed by atoms with Gasteiger partial charge < -0.3 is 10.1 Å². The van der Waals surface area contributed by atoms with Gasteiger partial charge in [-0.1, -0.05) is 47.8 Å². The van der Waals surface area contributed by atoms with Crippen molar-refractivity contribution in [3.05, 3.63) is 34.3 Å². The highest BCUT2D eigenvalue weighted by Crippen LogP contribution is 2.23. The molecule has 3 heteroatoms. The van der Waals surface area contributed by atoms with Crippen LogP contribution in [0.15, 0.2) is 28.7 Å². The van der Waals surface area contributed by atoms with Gasteiger partial charge in [0.2, 0.25) is 0 Å². The van der Waals surface area contributed by atoms with Crippen LogP contribution in [-0.2, 0) is 11.3 Å². The Morgan fingerprint density at radius 2 is 2.26 bits per heavy atom. The third-order valence-electron chi connectivity index (χ3n) is 3.77. The second-order valence-electron chi connectivity index (χ2n) is 5.61. The van der Waals surface area contributed by atoms with Gasteiger partial charge in [0.25, 0.3) is 0 Å². The largest absolute Gasteiger partial charge is 0.375 e. The first-order valence-corrected chi connectivity index (χ1v) is 8.09. The van der Waals surface area contributed by atoms with Crippen molar-refractivity contribution in [2.45, 2.75) is 45.3 Å². The molecule has 1 saturated carbocycles. The van der Waals surface area contributed by atoms with Crippen LogP contribution in [-0.4, -0.2) is 19.2 Å².